The number of methoxy groups -OCH3 is 1. The summed E-state index contributed by atoms with van der Waals surface area (Å²) in [5, 5.41) is 11.6. The molecule has 0 saturated heterocycles. The fourth-order valence-electron chi connectivity index (χ4n) is 1.51. The van der Waals surface area contributed by atoms with Crippen molar-refractivity contribution in [1.29, 1.82) is 0 Å². The monoisotopic (exact) mass is 251 g/mol. The minimum atomic E-state index is -0.853. The molecule has 0 atom stereocenters. The first-order chi connectivity index (χ1) is 8.35. The average Bonchev–Trinajstić information content (AvgIpc) is 2.28. The Morgan fingerprint density at radius 3 is 2.61 bits per heavy atom. The molecule has 0 aliphatic rings. The summed E-state index contributed by atoms with van der Waals surface area (Å²) in [6.07, 6.45) is -0.163. The van der Waals surface area contributed by atoms with Crippen LogP contribution >= 0.6 is 0 Å². The lowest BCUT2D eigenvalue weighted by molar-refractivity contribution is -0.146. The fourth-order valence-corrected chi connectivity index (χ4v) is 1.51. The number of carbonyl (C=O) groups is 2. The summed E-state index contributed by atoms with van der Waals surface area (Å²) in [6.45, 7) is 3.32. The molecule has 0 unspecified atom stereocenters. The maximum absolute atomic E-state index is 11.1. The lowest BCUT2D eigenvalue weighted by Gasteiger charge is -2.19. The summed E-state index contributed by atoms with van der Waals surface area (Å²) in [5.74, 6) is -0.853. The topological polar surface area (TPSA) is 75.6 Å². The third-order valence-electron chi connectivity index (χ3n) is 2.58. The van der Waals surface area contributed by atoms with Gasteiger partial charge in [-0.25, -0.2) is 4.79 Å². The molecule has 0 bridgehead atoms. The first-order valence-corrected chi connectivity index (χ1v) is 5.52. The molecule has 1 aromatic rings. The Balaban J connectivity index is 2.83. The van der Waals surface area contributed by atoms with E-state index in [4.69, 9.17) is 5.11 Å². The van der Waals surface area contributed by atoms with E-state index >= 15 is 0 Å². The molecule has 1 rings (SSSR count). The molecule has 2 N–H and O–H groups in total. The highest BCUT2D eigenvalue weighted by molar-refractivity contribution is 5.84. The van der Waals surface area contributed by atoms with E-state index in [1.165, 1.54) is 7.11 Å². The maximum Gasteiger partial charge on any atom is 0.411 e. The minimum absolute atomic E-state index is 0.388. The van der Waals surface area contributed by atoms with Gasteiger partial charge in [0.2, 0.25) is 0 Å². The van der Waals surface area contributed by atoms with Crippen LogP contribution < -0.4 is 5.32 Å². The van der Waals surface area contributed by atoms with Crippen molar-refractivity contribution in [3.05, 3.63) is 29.8 Å². The van der Waals surface area contributed by atoms with E-state index in [0.717, 1.165) is 5.56 Å². The first-order valence-electron chi connectivity index (χ1n) is 5.52. The van der Waals surface area contributed by atoms with Gasteiger partial charge in [0.15, 0.2) is 0 Å². The number of carboxylic acids is 1. The molecule has 0 radical (unpaired) electrons. The molecular formula is C13H17NO4. The van der Waals surface area contributed by atoms with Crippen molar-refractivity contribution in [2.24, 2.45) is 5.41 Å². The average molecular weight is 251 g/mol. The number of amides is 1. The summed E-state index contributed by atoms with van der Waals surface area (Å²) < 4.78 is 4.49. The molecule has 1 amide bonds. The van der Waals surface area contributed by atoms with E-state index in [2.05, 4.69) is 10.1 Å². The molecule has 0 aromatic heterocycles. The molecule has 5 nitrogen and oxygen atoms in total. The lowest BCUT2D eigenvalue weighted by Crippen LogP contribution is -2.26. The number of ether oxygens (including phenoxy) is 1. The van der Waals surface area contributed by atoms with E-state index in [-0.39, 0.29) is 0 Å². The van der Waals surface area contributed by atoms with Crippen LogP contribution in [-0.2, 0) is 16.0 Å². The molecule has 0 aliphatic heterocycles. The number of hydrogen-bond donors (Lipinski definition) is 2. The second-order valence-corrected chi connectivity index (χ2v) is 4.68. The molecule has 0 aliphatic carbocycles. The number of aliphatic carboxylic acids is 1. The van der Waals surface area contributed by atoms with Gasteiger partial charge in [-0.15, -0.1) is 0 Å². The zero-order valence-corrected chi connectivity index (χ0v) is 10.7. The van der Waals surface area contributed by atoms with Crippen LogP contribution in [0.25, 0.3) is 0 Å². The zero-order valence-electron chi connectivity index (χ0n) is 10.7. The third kappa shape index (κ3) is 3.76. The number of benzene rings is 1. The van der Waals surface area contributed by atoms with Gasteiger partial charge in [0.05, 0.1) is 12.5 Å². The molecular weight excluding hydrogens is 234 g/mol. The van der Waals surface area contributed by atoms with Gasteiger partial charge < -0.3 is 9.84 Å². The summed E-state index contributed by atoms with van der Waals surface area (Å²) >= 11 is 0. The quantitative estimate of drug-likeness (QED) is 0.862. The van der Waals surface area contributed by atoms with Gasteiger partial charge in [0.25, 0.3) is 0 Å². The fraction of sp³-hybridized carbons (Fsp3) is 0.385. The van der Waals surface area contributed by atoms with Crippen molar-refractivity contribution in [3.63, 3.8) is 0 Å². The van der Waals surface area contributed by atoms with Crippen molar-refractivity contribution in [2.45, 2.75) is 20.3 Å². The molecule has 0 spiro atoms. The van der Waals surface area contributed by atoms with Crippen molar-refractivity contribution < 1.29 is 19.4 Å². The number of carbonyl (C=O) groups excluding carboxylic acids is 1. The highest BCUT2D eigenvalue weighted by atomic mass is 16.5. The number of hydrogen-bond acceptors (Lipinski definition) is 3. The van der Waals surface area contributed by atoms with Gasteiger partial charge in [-0.2, -0.15) is 0 Å². The van der Waals surface area contributed by atoms with Crippen LogP contribution in [0.1, 0.15) is 19.4 Å². The van der Waals surface area contributed by atoms with Crippen molar-refractivity contribution in [3.8, 4) is 0 Å². The van der Waals surface area contributed by atoms with Crippen LogP contribution in [0.4, 0.5) is 10.5 Å². The number of nitrogens with one attached hydrogen (secondary N) is 1. The predicted molar refractivity (Wildman–Crippen MR) is 67.6 cm³/mol. The van der Waals surface area contributed by atoms with Crippen LogP contribution in [0.15, 0.2) is 24.3 Å². The summed E-state index contributed by atoms with van der Waals surface area (Å²) in [5.41, 5.74) is 0.584. The SMILES string of the molecule is COC(=O)Nc1cccc(CC(C)(C)C(=O)O)c1. The molecule has 0 heterocycles. The normalized spacial score (nSPS) is 10.8. The largest absolute Gasteiger partial charge is 0.481 e. The summed E-state index contributed by atoms with van der Waals surface area (Å²) in [7, 11) is 1.28. The third-order valence-corrected chi connectivity index (χ3v) is 2.58. The Hall–Kier alpha value is -2.04. The highest BCUT2D eigenvalue weighted by Crippen LogP contribution is 2.23. The first kappa shape index (κ1) is 14.0. The molecule has 5 heteroatoms. The molecule has 1 aromatic carbocycles. The van der Waals surface area contributed by atoms with Gasteiger partial charge >= 0.3 is 12.1 Å². The van der Waals surface area contributed by atoms with Crippen LogP contribution in [0.5, 0.6) is 0 Å². The minimum Gasteiger partial charge on any atom is -0.481 e. The second-order valence-electron chi connectivity index (χ2n) is 4.68. The maximum atomic E-state index is 11.1. The summed E-state index contributed by atoms with van der Waals surface area (Å²) in [6, 6.07) is 7.04. The molecule has 0 fully saturated rings. The van der Waals surface area contributed by atoms with Crippen LogP contribution in [-0.4, -0.2) is 24.3 Å². The Kier molecular flexibility index (Phi) is 4.31. The predicted octanol–water partition coefficient (Wildman–Crippen LogP) is 2.52. The lowest BCUT2D eigenvalue weighted by atomic mass is 9.86. The van der Waals surface area contributed by atoms with E-state index in [1.54, 1.807) is 32.0 Å². The van der Waals surface area contributed by atoms with Crippen molar-refractivity contribution >= 4 is 17.7 Å². The van der Waals surface area contributed by atoms with Crippen molar-refractivity contribution in [2.75, 3.05) is 12.4 Å². The number of carboxylic acid groups (broad SMARTS) is 1. The number of rotatable bonds is 4. The van der Waals surface area contributed by atoms with Gasteiger partial charge in [0.1, 0.15) is 0 Å². The van der Waals surface area contributed by atoms with Gasteiger partial charge in [-0.1, -0.05) is 12.1 Å². The van der Waals surface area contributed by atoms with Crippen LogP contribution in [0.3, 0.4) is 0 Å². The molecule has 18 heavy (non-hydrogen) atoms. The Bertz CT molecular complexity index is 454. The Labute approximate surface area is 106 Å². The van der Waals surface area contributed by atoms with Gasteiger partial charge in [-0.05, 0) is 38.0 Å². The van der Waals surface area contributed by atoms with E-state index in [1.807, 2.05) is 6.07 Å². The highest BCUT2D eigenvalue weighted by Gasteiger charge is 2.27. The van der Waals surface area contributed by atoms with E-state index in [0.29, 0.717) is 12.1 Å². The summed E-state index contributed by atoms with van der Waals surface area (Å²) in [4.78, 5) is 22.1. The van der Waals surface area contributed by atoms with Crippen LogP contribution in [0, 0.1) is 5.41 Å². The Morgan fingerprint density at radius 2 is 2.06 bits per heavy atom. The van der Waals surface area contributed by atoms with E-state index < -0.39 is 17.5 Å². The van der Waals surface area contributed by atoms with E-state index in [9.17, 15) is 9.59 Å². The van der Waals surface area contributed by atoms with Crippen molar-refractivity contribution in [1.82, 2.24) is 0 Å². The number of anilines is 1. The van der Waals surface area contributed by atoms with Gasteiger partial charge in [-0.3, -0.25) is 10.1 Å². The zero-order chi connectivity index (χ0) is 13.8. The van der Waals surface area contributed by atoms with Gasteiger partial charge in [0, 0.05) is 5.69 Å². The second kappa shape index (κ2) is 5.53. The smallest absolute Gasteiger partial charge is 0.411 e. The molecule has 0 saturated carbocycles. The Morgan fingerprint density at radius 1 is 1.39 bits per heavy atom. The molecule has 98 valence electrons. The van der Waals surface area contributed by atoms with Crippen LogP contribution in [0.2, 0.25) is 0 Å². The standard InChI is InChI=1S/C13H17NO4/c1-13(2,11(15)16)8-9-5-4-6-10(7-9)14-12(17)18-3/h4-7H,8H2,1-3H3,(H,14,17)(H,15,16).